The third kappa shape index (κ3) is 5.27. The zero-order valence-electron chi connectivity index (χ0n) is 18.1. The number of hydrogen-bond acceptors (Lipinski definition) is 5. The first-order chi connectivity index (χ1) is 15.9. The summed E-state index contributed by atoms with van der Waals surface area (Å²) in [7, 11) is 0. The number of amides is 2. The smallest absolute Gasteiger partial charge is 0.255 e. The average Bonchev–Trinajstić information content (AvgIpc) is 3.20. The number of halogens is 1. The van der Waals surface area contributed by atoms with Crippen LogP contribution in [0.3, 0.4) is 0 Å². The highest BCUT2D eigenvalue weighted by Gasteiger charge is 2.17. The lowest BCUT2D eigenvalue weighted by Crippen LogP contribution is -2.25. The van der Waals surface area contributed by atoms with Crippen molar-refractivity contribution in [2.24, 2.45) is 0 Å². The Hall–Kier alpha value is -3.55. The molecule has 0 saturated heterocycles. The molecule has 0 atom stereocenters. The Bertz CT molecular complexity index is 1300. The number of aromatic nitrogens is 2. The molecule has 0 fully saturated rings. The van der Waals surface area contributed by atoms with Crippen molar-refractivity contribution < 1.29 is 9.59 Å². The van der Waals surface area contributed by atoms with E-state index in [0.29, 0.717) is 21.8 Å². The molecule has 0 aliphatic heterocycles. The summed E-state index contributed by atoms with van der Waals surface area (Å²) in [6.45, 7) is 4.13. The molecule has 4 rings (SSSR count). The predicted octanol–water partition coefficient (Wildman–Crippen LogP) is 5.66. The van der Waals surface area contributed by atoms with Gasteiger partial charge in [-0.05, 0) is 49.7 Å². The molecule has 0 aliphatic rings. The number of carbonyl (C=O) groups excluding carboxylic acids is 2. The van der Waals surface area contributed by atoms with Crippen LogP contribution in [0.15, 0.2) is 67.0 Å². The highest BCUT2D eigenvalue weighted by Crippen LogP contribution is 2.28. The number of benzene rings is 2. The minimum Gasteiger partial charge on any atom is -0.345 e. The Labute approximate surface area is 200 Å². The average molecular weight is 477 g/mol. The van der Waals surface area contributed by atoms with Crippen LogP contribution in [0.2, 0.25) is 5.02 Å². The van der Waals surface area contributed by atoms with E-state index in [0.717, 1.165) is 26.7 Å². The second kappa shape index (κ2) is 9.94. The van der Waals surface area contributed by atoms with Gasteiger partial charge in [0.05, 0.1) is 23.5 Å². The minimum atomic E-state index is -0.302. The van der Waals surface area contributed by atoms with E-state index < -0.39 is 0 Å². The molecule has 6 nitrogen and oxygen atoms in total. The predicted molar refractivity (Wildman–Crippen MR) is 132 cm³/mol. The van der Waals surface area contributed by atoms with Gasteiger partial charge in [-0.15, -0.1) is 11.3 Å². The van der Waals surface area contributed by atoms with Gasteiger partial charge in [-0.25, -0.2) is 4.98 Å². The van der Waals surface area contributed by atoms with E-state index in [9.17, 15) is 9.59 Å². The first-order valence-corrected chi connectivity index (χ1v) is 11.4. The third-order valence-corrected chi connectivity index (χ3v) is 6.28. The third-order valence-electron chi connectivity index (χ3n) is 5.06. The van der Waals surface area contributed by atoms with E-state index in [-0.39, 0.29) is 18.4 Å². The molecule has 0 bridgehead atoms. The van der Waals surface area contributed by atoms with Crippen LogP contribution >= 0.6 is 22.9 Å². The van der Waals surface area contributed by atoms with Crippen molar-refractivity contribution in [2.75, 3.05) is 5.32 Å². The van der Waals surface area contributed by atoms with Crippen LogP contribution in [-0.2, 0) is 6.54 Å². The van der Waals surface area contributed by atoms with E-state index in [2.05, 4.69) is 20.6 Å². The topological polar surface area (TPSA) is 84.0 Å². The van der Waals surface area contributed by atoms with Gasteiger partial charge in [-0.1, -0.05) is 35.9 Å². The molecule has 4 aromatic rings. The maximum absolute atomic E-state index is 13.0. The molecule has 33 heavy (non-hydrogen) atoms. The minimum absolute atomic E-state index is 0.281. The number of nitrogens with one attached hydrogen (secondary N) is 2. The van der Waals surface area contributed by atoms with Gasteiger partial charge in [0.15, 0.2) is 0 Å². The van der Waals surface area contributed by atoms with Crippen LogP contribution in [0.5, 0.6) is 0 Å². The highest BCUT2D eigenvalue weighted by atomic mass is 35.5. The number of aryl methyl sites for hydroxylation is 2. The Balaban J connectivity index is 1.49. The fraction of sp³-hybridized carbons (Fsp3) is 0.120. The highest BCUT2D eigenvalue weighted by molar-refractivity contribution is 7.12. The molecule has 2 N–H and O–H groups in total. The quantitative estimate of drug-likeness (QED) is 0.376. The monoisotopic (exact) mass is 476 g/mol. The molecule has 8 heteroatoms. The van der Waals surface area contributed by atoms with Crippen molar-refractivity contribution in [3.05, 3.63) is 98.6 Å². The molecule has 2 aromatic carbocycles. The number of carbonyl (C=O) groups is 2. The summed E-state index contributed by atoms with van der Waals surface area (Å²) in [5.74, 6) is -0.589. The van der Waals surface area contributed by atoms with Crippen molar-refractivity contribution in [3.8, 4) is 11.3 Å². The molecular weight excluding hydrogens is 456 g/mol. The number of hydrogen-bond donors (Lipinski definition) is 2. The summed E-state index contributed by atoms with van der Waals surface area (Å²) in [4.78, 5) is 35.3. The van der Waals surface area contributed by atoms with Crippen molar-refractivity contribution in [1.29, 1.82) is 0 Å². The first kappa shape index (κ1) is 22.6. The number of anilines is 1. The number of nitrogens with zero attached hydrogens (tertiary/aromatic N) is 2. The fourth-order valence-corrected chi connectivity index (χ4v) is 4.39. The van der Waals surface area contributed by atoms with Crippen molar-refractivity contribution in [2.45, 2.75) is 20.4 Å². The molecule has 0 radical (unpaired) electrons. The van der Waals surface area contributed by atoms with Crippen LogP contribution in [0.4, 0.5) is 5.69 Å². The van der Waals surface area contributed by atoms with Crippen LogP contribution in [0.25, 0.3) is 11.3 Å². The number of para-hydroxylation sites is 1. The summed E-state index contributed by atoms with van der Waals surface area (Å²) in [6, 6.07) is 16.1. The molecule has 0 spiro atoms. The normalized spacial score (nSPS) is 10.6. The van der Waals surface area contributed by atoms with Gasteiger partial charge in [0.1, 0.15) is 5.01 Å². The SMILES string of the molecule is Cc1cccc(C(=O)NCc2nc(-c3ccc(Cl)cc3)c(C)s2)c1NC(=O)c1ccncc1. The van der Waals surface area contributed by atoms with Gasteiger partial charge in [0.25, 0.3) is 11.8 Å². The Morgan fingerprint density at radius 2 is 1.70 bits per heavy atom. The number of thiazole rings is 1. The molecule has 0 saturated carbocycles. The van der Waals surface area contributed by atoms with Crippen molar-refractivity contribution in [1.82, 2.24) is 15.3 Å². The zero-order chi connectivity index (χ0) is 23.4. The van der Waals surface area contributed by atoms with Crippen LogP contribution < -0.4 is 10.6 Å². The van der Waals surface area contributed by atoms with E-state index in [1.165, 1.54) is 11.3 Å². The summed E-state index contributed by atoms with van der Waals surface area (Å²) >= 11 is 7.51. The summed E-state index contributed by atoms with van der Waals surface area (Å²) in [5, 5.41) is 7.25. The molecule has 2 amide bonds. The lowest BCUT2D eigenvalue weighted by Gasteiger charge is -2.14. The van der Waals surface area contributed by atoms with E-state index in [1.807, 2.05) is 44.2 Å². The molecule has 166 valence electrons. The van der Waals surface area contributed by atoms with Gasteiger partial charge in [0, 0.05) is 33.4 Å². The fourth-order valence-electron chi connectivity index (χ4n) is 3.37. The van der Waals surface area contributed by atoms with Crippen LogP contribution in [0, 0.1) is 13.8 Å². The maximum atomic E-state index is 13.0. The summed E-state index contributed by atoms with van der Waals surface area (Å²) in [6.07, 6.45) is 3.10. The number of rotatable bonds is 6. The van der Waals surface area contributed by atoms with Crippen molar-refractivity contribution >= 4 is 40.4 Å². The Morgan fingerprint density at radius 3 is 2.42 bits per heavy atom. The van der Waals surface area contributed by atoms with Gasteiger partial charge in [-0.2, -0.15) is 0 Å². The molecule has 2 aromatic heterocycles. The zero-order valence-corrected chi connectivity index (χ0v) is 19.6. The second-order valence-electron chi connectivity index (χ2n) is 7.39. The van der Waals surface area contributed by atoms with Crippen LogP contribution in [0.1, 0.15) is 36.2 Å². The van der Waals surface area contributed by atoms with Crippen molar-refractivity contribution in [3.63, 3.8) is 0 Å². The van der Waals surface area contributed by atoms with Gasteiger partial charge >= 0.3 is 0 Å². The molecule has 2 heterocycles. The maximum Gasteiger partial charge on any atom is 0.255 e. The first-order valence-electron chi connectivity index (χ1n) is 10.2. The van der Waals surface area contributed by atoms with E-state index in [4.69, 9.17) is 11.6 Å². The molecular formula is C25H21ClN4O2S. The molecule has 0 unspecified atom stereocenters. The Morgan fingerprint density at radius 1 is 0.970 bits per heavy atom. The summed E-state index contributed by atoms with van der Waals surface area (Å²) < 4.78 is 0. The van der Waals surface area contributed by atoms with Crippen LogP contribution in [-0.4, -0.2) is 21.8 Å². The van der Waals surface area contributed by atoms with E-state index in [1.54, 1.807) is 36.7 Å². The lowest BCUT2D eigenvalue weighted by molar-refractivity contribution is 0.0951. The Kier molecular flexibility index (Phi) is 6.82. The van der Waals surface area contributed by atoms with Gasteiger partial charge < -0.3 is 10.6 Å². The van der Waals surface area contributed by atoms with E-state index >= 15 is 0 Å². The lowest BCUT2D eigenvalue weighted by atomic mass is 10.1. The second-order valence-corrected chi connectivity index (χ2v) is 9.11. The number of pyridine rings is 1. The summed E-state index contributed by atoms with van der Waals surface area (Å²) in [5.41, 5.74) is 3.98. The van der Waals surface area contributed by atoms with Gasteiger partial charge in [-0.3, -0.25) is 14.6 Å². The largest absolute Gasteiger partial charge is 0.345 e. The van der Waals surface area contributed by atoms with Gasteiger partial charge in [0.2, 0.25) is 0 Å². The molecule has 0 aliphatic carbocycles. The standard InChI is InChI=1S/C25H21ClN4O2S/c1-15-4-3-5-20(22(15)30-24(31)18-10-12-27-13-11-18)25(32)28-14-21-29-23(16(2)33-21)17-6-8-19(26)9-7-17/h3-13H,14H2,1-2H3,(H,28,32)(H,30,31).